The number of esters is 1. The maximum absolute atomic E-state index is 12.0. The molecule has 2 aliphatic heterocycles. The van der Waals surface area contributed by atoms with Crippen LogP contribution >= 0.6 is 0 Å². The molecule has 0 saturated carbocycles. The highest BCUT2D eigenvalue weighted by molar-refractivity contribution is 5.88. The lowest BCUT2D eigenvalue weighted by atomic mass is 9.73. The van der Waals surface area contributed by atoms with Crippen molar-refractivity contribution in [3.8, 4) is 0 Å². The first-order valence-corrected chi connectivity index (χ1v) is 8.43. The molecule has 1 amide bonds. The van der Waals surface area contributed by atoms with Crippen LogP contribution in [0.3, 0.4) is 0 Å². The molecular formula is C17H24N4O4. The molecule has 0 atom stereocenters. The van der Waals surface area contributed by atoms with Gasteiger partial charge in [0.2, 0.25) is 5.95 Å². The first-order valence-electron chi connectivity index (χ1n) is 8.43. The summed E-state index contributed by atoms with van der Waals surface area (Å²) in [4.78, 5) is 35.8. The van der Waals surface area contributed by atoms with E-state index in [0.29, 0.717) is 31.2 Å². The monoisotopic (exact) mass is 348 g/mol. The van der Waals surface area contributed by atoms with Gasteiger partial charge in [-0.05, 0) is 27.7 Å². The van der Waals surface area contributed by atoms with Crippen LogP contribution in [0.1, 0.15) is 38.1 Å². The number of ether oxygens (including phenoxy) is 2. The molecule has 8 nitrogen and oxygen atoms in total. The summed E-state index contributed by atoms with van der Waals surface area (Å²) >= 11 is 0. The molecule has 0 radical (unpaired) electrons. The number of nitrogens with zero attached hydrogens (tertiary/aromatic N) is 4. The van der Waals surface area contributed by atoms with Gasteiger partial charge in [-0.3, -0.25) is 0 Å². The molecule has 3 rings (SSSR count). The van der Waals surface area contributed by atoms with E-state index in [0.717, 1.165) is 13.1 Å². The topological polar surface area (TPSA) is 84.9 Å². The van der Waals surface area contributed by atoms with Gasteiger partial charge in [0.1, 0.15) is 5.60 Å². The minimum Gasteiger partial charge on any atom is -0.462 e. The molecular weight excluding hydrogens is 324 g/mol. The fourth-order valence-corrected chi connectivity index (χ4v) is 3.13. The standard InChI is InChI=1S/C17H24N4O4/c1-5-24-13(22)12-6-18-14(19-7-12)20-8-17(9-20)10-21(11-17)15(23)25-16(2,3)4/h6-7H,5,8-11H2,1-4H3. The zero-order chi connectivity index (χ0) is 18.2. The molecule has 2 saturated heterocycles. The van der Waals surface area contributed by atoms with E-state index in [1.807, 2.05) is 25.7 Å². The largest absolute Gasteiger partial charge is 0.462 e. The fraction of sp³-hybridized carbons (Fsp3) is 0.647. The summed E-state index contributed by atoms with van der Waals surface area (Å²) in [6, 6.07) is 0. The predicted molar refractivity (Wildman–Crippen MR) is 90.4 cm³/mol. The van der Waals surface area contributed by atoms with Crippen LogP contribution in [0.2, 0.25) is 0 Å². The van der Waals surface area contributed by atoms with E-state index in [4.69, 9.17) is 9.47 Å². The molecule has 1 spiro atoms. The number of likely N-dealkylation sites (tertiary alicyclic amines) is 1. The van der Waals surface area contributed by atoms with Gasteiger partial charge in [-0.15, -0.1) is 0 Å². The van der Waals surface area contributed by atoms with Gasteiger partial charge in [0.25, 0.3) is 0 Å². The van der Waals surface area contributed by atoms with Gasteiger partial charge < -0.3 is 19.3 Å². The van der Waals surface area contributed by atoms with Crippen molar-refractivity contribution < 1.29 is 19.1 Å². The van der Waals surface area contributed by atoms with E-state index < -0.39 is 11.6 Å². The molecule has 1 aromatic rings. The van der Waals surface area contributed by atoms with Crippen molar-refractivity contribution in [3.63, 3.8) is 0 Å². The van der Waals surface area contributed by atoms with Gasteiger partial charge in [-0.1, -0.05) is 0 Å². The Bertz CT molecular complexity index is 654. The van der Waals surface area contributed by atoms with Gasteiger partial charge in [0.05, 0.1) is 12.2 Å². The zero-order valence-electron chi connectivity index (χ0n) is 15.1. The summed E-state index contributed by atoms with van der Waals surface area (Å²) < 4.78 is 10.3. The number of hydrogen-bond acceptors (Lipinski definition) is 7. The first-order chi connectivity index (χ1) is 11.7. The Morgan fingerprint density at radius 2 is 1.76 bits per heavy atom. The number of anilines is 1. The van der Waals surface area contributed by atoms with Crippen LogP contribution in [0.25, 0.3) is 0 Å². The number of carbonyl (C=O) groups excluding carboxylic acids is 2. The second-order valence-electron chi connectivity index (χ2n) is 7.68. The molecule has 2 fully saturated rings. The number of hydrogen-bond donors (Lipinski definition) is 0. The summed E-state index contributed by atoms with van der Waals surface area (Å²) in [7, 11) is 0. The van der Waals surface area contributed by atoms with Crippen LogP contribution in [-0.4, -0.2) is 65.3 Å². The van der Waals surface area contributed by atoms with Gasteiger partial charge in [-0.25, -0.2) is 19.6 Å². The molecule has 0 aliphatic carbocycles. The molecule has 0 unspecified atom stereocenters. The summed E-state index contributed by atoms with van der Waals surface area (Å²) in [5.74, 6) is 0.176. The van der Waals surface area contributed by atoms with E-state index in [9.17, 15) is 9.59 Å². The molecule has 0 bridgehead atoms. The summed E-state index contributed by atoms with van der Waals surface area (Å²) in [5.41, 5.74) is -0.0133. The van der Waals surface area contributed by atoms with Crippen LogP contribution in [-0.2, 0) is 9.47 Å². The number of carbonyl (C=O) groups is 2. The third-order valence-electron chi connectivity index (χ3n) is 4.19. The first kappa shape index (κ1) is 17.4. The molecule has 0 aromatic carbocycles. The highest BCUT2D eigenvalue weighted by Crippen LogP contribution is 2.41. The number of aromatic nitrogens is 2. The van der Waals surface area contributed by atoms with Crippen molar-refractivity contribution in [3.05, 3.63) is 18.0 Å². The average Bonchev–Trinajstić information content (AvgIpc) is 2.43. The summed E-state index contributed by atoms with van der Waals surface area (Å²) in [6.07, 6.45) is 2.71. The fourth-order valence-electron chi connectivity index (χ4n) is 3.13. The maximum Gasteiger partial charge on any atom is 0.410 e. The molecule has 136 valence electrons. The molecule has 25 heavy (non-hydrogen) atoms. The summed E-state index contributed by atoms with van der Waals surface area (Å²) in [5, 5.41) is 0. The van der Waals surface area contributed by atoms with Gasteiger partial charge >= 0.3 is 12.1 Å². The smallest absolute Gasteiger partial charge is 0.410 e. The highest BCUT2D eigenvalue weighted by Gasteiger charge is 2.54. The van der Waals surface area contributed by atoms with Gasteiger partial charge in [0, 0.05) is 44.0 Å². The summed E-state index contributed by atoms with van der Waals surface area (Å²) in [6.45, 7) is 10.7. The van der Waals surface area contributed by atoms with Crippen LogP contribution in [0.5, 0.6) is 0 Å². The maximum atomic E-state index is 12.0. The van der Waals surface area contributed by atoms with E-state index in [-0.39, 0.29) is 11.5 Å². The van der Waals surface area contributed by atoms with E-state index in [1.54, 1.807) is 11.8 Å². The Balaban J connectivity index is 1.49. The lowest BCUT2D eigenvalue weighted by molar-refractivity contribution is -0.0456. The zero-order valence-corrected chi connectivity index (χ0v) is 15.1. The van der Waals surface area contributed by atoms with Gasteiger partial charge in [0.15, 0.2) is 0 Å². The Morgan fingerprint density at radius 1 is 1.16 bits per heavy atom. The van der Waals surface area contributed by atoms with Crippen LogP contribution in [0.4, 0.5) is 10.7 Å². The lowest BCUT2D eigenvalue weighted by Crippen LogP contribution is -2.73. The van der Waals surface area contributed by atoms with Crippen LogP contribution < -0.4 is 4.90 Å². The molecule has 1 aromatic heterocycles. The SMILES string of the molecule is CCOC(=O)c1cnc(N2CC3(CN(C(=O)OC(C)(C)C)C3)C2)nc1. The minimum absolute atomic E-state index is 0.111. The second-order valence-corrected chi connectivity index (χ2v) is 7.68. The normalized spacial score (nSPS) is 18.4. The van der Waals surface area contributed by atoms with Crippen molar-refractivity contribution in [2.75, 3.05) is 37.7 Å². The molecule has 8 heteroatoms. The average molecular weight is 348 g/mol. The van der Waals surface area contributed by atoms with Crippen LogP contribution in [0.15, 0.2) is 12.4 Å². The predicted octanol–water partition coefficient (Wildman–Crippen LogP) is 1.71. The minimum atomic E-state index is -0.472. The number of amides is 1. The second kappa shape index (κ2) is 6.16. The van der Waals surface area contributed by atoms with Crippen LogP contribution in [0, 0.1) is 5.41 Å². The van der Waals surface area contributed by atoms with E-state index >= 15 is 0 Å². The highest BCUT2D eigenvalue weighted by atomic mass is 16.6. The third-order valence-corrected chi connectivity index (χ3v) is 4.19. The Morgan fingerprint density at radius 3 is 2.28 bits per heavy atom. The van der Waals surface area contributed by atoms with Crippen molar-refractivity contribution in [2.45, 2.75) is 33.3 Å². The quantitative estimate of drug-likeness (QED) is 0.769. The number of rotatable bonds is 3. The molecule has 3 heterocycles. The Kier molecular flexibility index (Phi) is 4.30. The van der Waals surface area contributed by atoms with Crippen molar-refractivity contribution in [2.24, 2.45) is 5.41 Å². The molecule has 2 aliphatic rings. The van der Waals surface area contributed by atoms with Crippen molar-refractivity contribution >= 4 is 18.0 Å². The van der Waals surface area contributed by atoms with E-state index in [2.05, 4.69) is 9.97 Å². The van der Waals surface area contributed by atoms with Gasteiger partial charge in [-0.2, -0.15) is 0 Å². The lowest BCUT2D eigenvalue weighted by Gasteiger charge is -2.59. The van der Waals surface area contributed by atoms with Crippen molar-refractivity contribution in [1.29, 1.82) is 0 Å². The Hall–Kier alpha value is -2.38. The van der Waals surface area contributed by atoms with E-state index in [1.165, 1.54) is 12.4 Å². The molecule has 0 N–H and O–H groups in total. The Labute approximate surface area is 147 Å². The van der Waals surface area contributed by atoms with Crippen molar-refractivity contribution in [1.82, 2.24) is 14.9 Å². The third kappa shape index (κ3) is 3.67.